The van der Waals surface area contributed by atoms with Crippen molar-refractivity contribution in [2.24, 2.45) is 5.92 Å². The molecule has 0 aliphatic carbocycles. The Morgan fingerprint density at radius 1 is 1.15 bits per heavy atom. The minimum atomic E-state index is -0.0409. The van der Waals surface area contributed by atoms with Crippen molar-refractivity contribution in [2.45, 2.75) is 27.3 Å². The van der Waals surface area contributed by atoms with Crippen LogP contribution in [0.25, 0.3) is 0 Å². The van der Waals surface area contributed by atoms with E-state index in [1.807, 2.05) is 57.2 Å². The molecule has 140 valence electrons. The quantitative estimate of drug-likeness (QED) is 0.626. The lowest BCUT2D eigenvalue weighted by atomic mass is 10.2. The summed E-state index contributed by atoms with van der Waals surface area (Å²) >= 11 is 3.53. The van der Waals surface area contributed by atoms with Gasteiger partial charge in [-0.3, -0.25) is 4.79 Å². The summed E-state index contributed by atoms with van der Waals surface area (Å²) in [7, 11) is 1.63. The maximum absolute atomic E-state index is 11.7. The summed E-state index contributed by atoms with van der Waals surface area (Å²) in [6, 6.07) is 11.6. The number of anilines is 2. The molecule has 0 aliphatic heterocycles. The van der Waals surface area contributed by atoms with Crippen LogP contribution in [0, 0.1) is 5.92 Å². The molecule has 0 saturated heterocycles. The predicted molar refractivity (Wildman–Crippen MR) is 109 cm³/mol. The van der Waals surface area contributed by atoms with Crippen LogP contribution in [-0.4, -0.2) is 19.6 Å². The van der Waals surface area contributed by atoms with E-state index in [-0.39, 0.29) is 11.8 Å². The molecule has 0 aromatic heterocycles. The highest BCUT2D eigenvalue weighted by Gasteiger charge is 2.11. The first-order valence-corrected chi connectivity index (χ1v) is 9.37. The Balaban J connectivity index is 2.03. The van der Waals surface area contributed by atoms with Gasteiger partial charge in [-0.1, -0.05) is 13.8 Å². The normalized spacial score (nSPS) is 10.5. The van der Waals surface area contributed by atoms with Gasteiger partial charge in [0.05, 0.1) is 18.2 Å². The molecule has 0 fully saturated rings. The van der Waals surface area contributed by atoms with Gasteiger partial charge >= 0.3 is 0 Å². The summed E-state index contributed by atoms with van der Waals surface area (Å²) in [4.78, 5) is 11.7. The van der Waals surface area contributed by atoms with Crippen molar-refractivity contribution in [3.05, 3.63) is 46.4 Å². The zero-order chi connectivity index (χ0) is 19.1. The standard InChI is InChI=1S/C20H25BrN2O3/c1-5-26-18-11-14(10-17(21)19(18)25-4)12-22-15-6-8-16(9-7-15)23-20(24)13(2)3/h6-11,13,22H,5,12H2,1-4H3,(H,23,24). The van der Waals surface area contributed by atoms with Crippen molar-refractivity contribution in [1.82, 2.24) is 0 Å². The van der Waals surface area contributed by atoms with E-state index < -0.39 is 0 Å². The summed E-state index contributed by atoms with van der Waals surface area (Å²) in [6.07, 6.45) is 0. The lowest BCUT2D eigenvalue weighted by Gasteiger charge is -2.14. The fraction of sp³-hybridized carbons (Fsp3) is 0.350. The first-order valence-electron chi connectivity index (χ1n) is 8.58. The van der Waals surface area contributed by atoms with Crippen LogP contribution in [-0.2, 0) is 11.3 Å². The van der Waals surface area contributed by atoms with Gasteiger partial charge < -0.3 is 20.1 Å². The molecule has 5 nitrogen and oxygen atoms in total. The maximum atomic E-state index is 11.7. The van der Waals surface area contributed by atoms with E-state index in [0.29, 0.717) is 24.7 Å². The van der Waals surface area contributed by atoms with Crippen molar-refractivity contribution < 1.29 is 14.3 Å². The third kappa shape index (κ3) is 5.39. The van der Waals surface area contributed by atoms with E-state index in [2.05, 4.69) is 26.6 Å². The topological polar surface area (TPSA) is 59.6 Å². The lowest BCUT2D eigenvalue weighted by molar-refractivity contribution is -0.118. The van der Waals surface area contributed by atoms with Gasteiger partial charge in [-0.25, -0.2) is 0 Å². The fourth-order valence-electron chi connectivity index (χ4n) is 2.35. The smallest absolute Gasteiger partial charge is 0.226 e. The van der Waals surface area contributed by atoms with E-state index in [0.717, 1.165) is 21.4 Å². The Morgan fingerprint density at radius 2 is 1.81 bits per heavy atom. The van der Waals surface area contributed by atoms with Crippen LogP contribution < -0.4 is 20.1 Å². The summed E-state index contributed by atoms with van der Waals surface area (Å²) in [6.45, 7) is 6.89. The number of methoxy groups -OCH3 is 1. The summed E-state index contributed by atoms with van der Waals surface area (Å²) < 4.78 is 11.9. The maximum Gasteiger partial charge on any atom is 0.226 e. The molecule has 2 N–H and O–H groups in total. The third-order valence-corrected chi connectivity index (χ3v) is 4.34. The van der Waals surface area contributed by atoms with Gasteiger partial charge in [-0.05, 0) is 64.8 Å². The lowest BCUT2D eigenvalue weighted by Crippen LogP contribution is -2.17. The third-order valence-electron chi connectivity index (χ3n) is 3.75. The van der Waals surface area contributed by atoms with E-state index in [1.54, 1.807) is 7.11 Å². The van der Waals surface area contributed by atoms with Crippen molar-refractivity contribution in [3.63, 3.8) is 0 Å². The van der Waals surface area contributed by atoms with Gasteiger partial charge in [0, 0.05) is 23.8 Å². The Bertz CT molecular complexity index is 745. The molecular formula is C20H25BrN2O3. The Hall–Kier alpha value is -2.21. The second-order valence-corrected chi connectivity index (χ2v) is 6.97. The van der Waals surface area contributed by atoms with E-state index in [9.17, 15) is 4.79 Å². The number of carbonyl (C=O) groups is 1. The van der Waals surface area contributed by atoms with Gasteiger partial charge in [0.25, 0.3) is 0 Å². The molecule has 0 spiro atoms. The number of benzene rings is 2. The summed E-state index contributed by atoms with van der Waals surface area (Å²) in [5.41, 5.74) is 2.83. The number of hydrogen-bond acceptors (Lipinski definition) is 4. The SMILES string of the molecule is CCOc1cc(CNc2ccc(NC(=O)C(C)C)cc2)cc(Br)c1OC. The largest absolute Gasteiger partial charge is 0.492 e. The summed E-state index contributed by atoms with van der Waals surface area (Å²) in [5, 5.41) is 6.25. The number of amides is 1. The highest BCUT2D eigenvalue weighted by Crippen LogP contribution is 2.36. The van der Waals surface area contributed by atoms with Gasteiger partial charge in [0.2, 0.25) is 5.91 Å². The molecule has 1 amide bonds. The highest BCUT2D eigenvalue weighted by atomic mass is 79.9. The van der Waals surface area contributed by atoms with Crippen LogP contribution in [0.1, 0.15) is 26.3 Å². The monoisotopic (exact) mass is 420 g/mol. The average molecular weight is 421 g/mol. The molecule has 2 rings (SSSR count). The van der Waals surface area contributed by atoms with E-state index >= 15 is 0 Å². The molecule has 0 atom stereocenters. The van der Waals surface area contributed by atoms with Crippen molar-refractivity contribution in [2.75, 3.05) is 24.4 Å². The molecule has 0 saturated carbocycles. The van der Waals surface area contributed by atoms with Crippen LogP contribution in [0.4, 0.5) is 11.4 Å². The van der Waals surface area contributed by atoms with Crippen LogP contribution in [0.3, 0.4) is 0 Å². The Kier molecular flexibility index (Phi) is 7.33. The molecule has 0 unspecified atom stereocenters. The number of hydrogen-bond donors (Lipinski definition) is 2. The first-order chi connectivity index (χ1) is 12.4. The molecule has 6 heteroatoms. The second-order valence-electron chi connectivity index (χ2n) is 6.12. The Morgan fingerprint density at radius 3 is 2.38 bits per heavy atom. The van der Waals surface area contributed by atoms with Gasteiger partial charge in [0.15, 0.2) is 11.5 Å². The van der Waals surface area contributed by atoms with Crippen LogP contribution in [0.2, 0.25) is 0 Å². The minimum absolute atomic E-state index is 0.0113. The number of halogens is 1. The van der Waals surface area contributed by atoms with Crippen molar-refractivity contribution in [3.8, 4) is 11.5 Å². The molecule has 0 radical (unpaired) electrons. The number of ether oxygens (including phenoxy) is 2. The van der Waals surface area contributed by atoms with Crippen LogP contribution in [0.5, 0.6) is 11.5 Å². The second kappa shape index (κ2) is 9.48. The average Bonchev–Trinajstić information content (AvgIpc) is 2.61. The molecule has 26 heavy (non-hydrogen) atoms. The zero-order valence-corrected chi connectivity index (χ0v) is 17.1. The van der Waals surface area contributed by atoms with Crippen molar-refractivity contribution >= 4 is 33.2 Å². The molecule has 0 aliphatic rings. The van der Waals surface area contributed by atoms with Crippen LogP contribution >= 0.6 is 15.9 Å². The van der Waals surface area contributed by atoms with Gasteiger partial charge in [-0.2, -0.15) is 0 Å². The first kappa shape index (κ1) is 20.1. The number of nitrogens with one attached hydrogen (secondary N) is 2. The van der Waals surface area contributed by atoms with Crippen LogP contribution in [0.15, 0.2) is 40.9 Å². The molecule has 2 aromatic carbocycles. The fourth-order valence-corrected chi connectivity index (χ4v) is 3.00. The highest BCUT2D eigenvalue weighted by molar-refractivity contribution is 9.10. The molecule has 2 aromatic rings. The molecular weight excluding hydrogens is 396 g/mol. The Labute approximate surface area is 163 Å². The van der Waals surface area contributed by atoms with Crippen molar-refractivity contribution in [1.29, 1.82) is 0 Å². The number of rotatable bonds is 8. The minimum Gasteiger partial charge on any atom is -0.492 e. The van der Waals surface area contributed by atoms with Gasteiger partial charge in [0.1, 0.15) is 0 Å². The van der Waals surface area contributed by atoms with E-state index in [1.165, 1.54) is 0 Å². The summed E-state index contributed by atoms with van der Waals surface area (Å²) in [5.74, 6) is 1.38. The molecule has 0 heterocycles. The molecule has 0 bridgehead atoms. The zero-order valence-electron chi connectivity index (χ0n) is 15.6. The van der Waals surface area contributed by atoms with Gasteiger partial charge in [-0.15, -0.1) is 0 Å². The predicted octanol–water partition coefficient (Wildman–Crippen LogP) is 5.06. The van der Waals surface area contributed by atoms with E-state index in [4.69, 9.17) is 9.47 Å². The number of carbonyl (C=O) groups excluding carboxylic acids is 1.